The van der Waals surface area contributed by atoms with Crippen LogP contribution < -0.4 is 21.3 Å². The second kappa shape index (κ2) is 27.4. The van der Waals surface area contributed by atoms with Gasteiger partial charge in [0.1, 0.15) is 23.3 Å². The Balaban J connectivity index is 0.000000109. The lowest BCUT2D eigenvalue weighted by molar-refractivity contribution is 0.590. The van der Waals surface area contributed by atoms with E-state index in [1.54, 1.807) is 12.4 Å². The zero-order chi connectivity index (χ0) is 70.0. The maximum atomic E-state index is 4.46. The van der Waals surface area contributed by atoms with Gasteiger partial charge in [-0.1, -0.05) is 271 Å². The van der Waals surface area contributed by atoms with Gasteiger partial charge in [-0.2, -0.15) is 0 Å². The topological polar surface area (TPSA) is 99.7 Å². The van der Waals surface area contributed by atoms with Crippen LogP contribution in [-0.4, -0.2) is 19.9 Å². The van der Waals surface area contributed by atoms with Gasteiger partial charge in [-0.15, -0.1) is 0 Å². The Kier molecular flexibility index (Phi) is 17.3. The minimum atomic E-state index is -0.379. The highest BCUT2D eigenvalue weighted by Gasteiger charge is 2.52. The molecule has 0 amide bonds. The summed E-state index contributed by atoms with van der Waals surface area (Å²) in [6.45, 7) is 11.2. The van der Waals surface area contributed by atoms with Crippen LogP contribution in [0.25, 0.3) is 44.5 Å². The molecule has 0 unspecified atom stereocenters. The third-order valence-corrected chi connectivity index (χ3v) is 20.5. The number of hydrogen-bond donors (Lipinski definition) is 4. The first-order valence-corrected chi connectivity index (χ1v) is 35.3. The molecule has 4 aliphatic rings. The fraction of sp³-hybridized carbons (Fsp3) is 0.0947. The Morgan fingerprint density at radius 3 is 0.864 bits per heavy atom. The average Bonchev–Trinajstić information content (AvgIpc) is 1.52. The van der Waals surface area contributed by atoms with Crippen molar-refractivity contribution in [2.24, 2.45) is 0 Å². The van der Waals surface area contributed by atoms with E-state index < -0.39 is 0 Å². The second-order valence-corrected chi connectivity index (χ2v) is 28.1. The summed E-state index contributed by atoms with van der Waals surface area (Å²) < 4.78 is 0. The first-order chi connectivity index (χ1) is 50.5. The molecule has 0 saturated heterocycles. The van der Waals surface area contributed by atoms with Crippen molar-refractivity contribution >= 4 is 46.0 Å². The molecule has 0 atom stereocenters. The van der Waals surface area contributed by atoms with E-state index in [4.69, 9.17) is 0 Å². The lowest BCUT2D eigenvalue weighted by atomic mass is 9.67. The molecule has 4 heterocycles. The van der Waals surface area contributed by atoms with Gasteiger partial charge in [0.15, 0.2) is 0 Å². The lowest BCUT2D eigenvalue weighted by Gasteiger charge is -2.34. The molecule has 0 fully saturated rings. The van der Waals surface area contributed by atoms with Gasteiger partial charge in [-0.3, -0.25) is 0 Å². The maximum absolute atomic E-state index is 4.46. The van der Waals surface area contributed by atoms with Crippen LogP contribution in [-0.2, 0) is 21.7 Å². The number of anilines is 8. The number of rotatable bonds is 10. The van der Waals surface area contributed by atoms with Gasteiger partial charge in [-0.25, -0.2) is 19.9 Å². The Morgan fingerprint density at radius 1 is 0.233 bits per heavy atom. The van der Waals surface area contributed by atoms with Crippen LogP contribution in [0.1, 0.15) is 95.8 Å². The Bertz CT molecular complexity index is 5260. The summed E-state index contributed by atoms with van der Waals surface area (Å²) >= 11 is 0. The highest BCUT2D eigenvalue weighted by atomic mass is 15.0. The van der Waals surface area contributed by atoms with Gasteiger partial charge in [0.25, 0.3) is 0 Å². The predicted octanol–water partition coefficient (Wildman–Crippen LogP) is 23.6. The minimum Gasteiger partial charge on any atom is -0.340 e. The van der Waals surface area contributed by atoms with Gasteiger partial charge < -0.3 is 21.3 Å². The summed E-state index contributed by atoms with van der Waals surface area (Å²) in [4.78, 5) is 17.5. The van der Waals surface area contributed by atoms with E-state index in [0.29, 0.717) is 0 Å². The molecule has 8 heteroatoms. The molecule has 498 valence electrons. The van der Waals surface area contributed by atoms with E-state index >= 15 is 0 Å². The highest BCUT2D eigenvalue weighted by molar-refractivity contribution is 5.96. The second-order valence-electron chi connectivity index (χ2n) is 28.1. The molecule has 11 aromatic carbocycles. The fourth-order valence-corrected chi connectivity index (χ4v) is 15.9. The van der Waals surface area contributed by atoms with Gasteiger partial charge in [-0.05, 0) is 208 Å². The van der Waals surface area contributed by atoms with Crippen LogP contribution in [0.15, 0.2) is 358 Å². The quantitative estimate of drug-likeness (QED) is 0.107. The monoisotopic (exact) mass is 1330 g/mol. The standard InChI is InChI=1S/C30H20N2.C30H22N2.C20H18N2.C15H18N2/c1-4-12-25-21(9-1)22-10-2-5-13-26(22)30(25)27-14-6-3-11-23(27)24-17-16-20(19-28(24)30)32-29-15-7-8-18-31-29;1-3-11-22(12-4-1)30(23-13-5-2-6-14-23)27-16-8-7-15-25(27)26-19-18-24(21-28(26)30)32-29-17-9-10-20-31-29;1-20(2)17-8-4-3-7-15(17)16-11-10-14(13-18(16)20)22-19-9-5-6-12-21-19;1-15(2,3)12-7-9-13(10-8-12)17-14-6-4-5-11-16-14/h1-19H,(H,31,32);1-21H,(H,31,32);3-13H,1-2H3,(H,21,22);4-11H,1-3H3,(H,16,17). The van der Waals surface area contributed by atoms with Crippen molar-refractivity contribution in [3.8, 4) is 44.5 Å². The lowest BCUT2D eigenvalue weighted by Crippen LogP contribution is -2.28. The molecule has 15 aromatic rings. The smallest absolute Gasteiger partial charge is 0.130 e. The molecule has 0 bridgehead atoms. The van der Waals surface area contributed by atoms with Crippen LogP contribution in [0.5, 0.6) is 0 Å². The summed E-state index contributed by atoms with van der Waals surface area (Å²) in [7, 11) is 0. The highest BCUT2D eigenvalue weighted by Crippen LogP contribution is 2.63. The maximum Gasteiger partial charge on any atom is 0.130 e. The van der Waals surface area contributed by atoms with Crippen LogP contribution in [0.3, 0.4) is 0 Å². The number of fused-ring (bicyclic) bond motifs is 16. The Hall–Kier alpha value is -12.8. The van der Waals surface area contributed by atoms with Gasteiger partial charge >= 0.3 is 0 Å². The normalized spacial score (nSPS) is 13.3. The third-order valence-electron chi connectivity index (χ3n) is 20.5. The van der Waals surface area contributed by atoms with Crippen molar-refractivity contribution in [3.05, 3.63) is 420 Å². The molecule has 4 aliphatic carbocycles. The average molecular weight is 1330 g/mol. The van der Waals surface area contributed by atoms with Crippen molar-refractivity contribution in [1.29, 1.82) is 0 Å². The number of nitrogens with one attached hydrogen (secondary N) is 4. The summed E-state index contributed by atoms with van der Waals surface area (Å²) in [5.41, 5.74) is 29.0. The number of aromatic nitrogens is 4. The first kappa shape index (κ1) is 64.9. The molecule has 4 aromatic heterocycles. The van der Waals surface area contributed by atoms with Gasteiger partial charge in [0.05, 0.1) is 10.8 Å². The molecule has 0 radical (unpaired) electrons. The van der Waals surface area contributed by atoms with E-state index in [0.717, 1.165) is 46.0 Å². The zero-order valence-electron chi connectivity index (χ0n) is 58.4. The molecule has 103 heavy (non-hydrogen) atoms. The first-order valence-electron chi connectivity index (χ1n) is 35.3. The summed E-state index contributed by atoms with van der Waals surface area (Å²) in [6.07, 6.45) is 7.21. The SMILES string of the molecule is CC(C)(C)c1ccc(Nc2ccccn2)cc1.CC1(C)c2ccccc2-c2ccc(Nc3ccccn3)cc21.c1ccc(C2(c3ccccc3)c3ccccc3-c3ccc(Nc4ccccn4)cc32)cc1.c1ccc(Nc2ccc3c(c2)C2(c4ccccc4-c4ccccc42)c2ccccc2-3)nc1. The molecule has 8 nitrogen and oxygen atoms in total. The molecule has 4 N–H and O–H groups in total. The number of nitrogens with zero attached hydrogens (tertiary/aromatic N) is 4. The largest absolute Gasteiger partial charge is 0.340 e. The minimum absolute atomic E-state index is 0.0354. The Labute approximate surface area is 604 Å². The van der Waals surface area contributed by atoms with E-state index in [2.05, 4.69) is 337 Å². The third kappa shape index (κ3) is 12.1. The van der Waals surface area contributed by atoms with Crippen LogP contribution >= 0.6 is 0 Å². The number of pyridine rings is 4. The van der Waals surface area contributed by atoms with Gasteiger partial charge in [0.2, 0.25) is 0 Å². The van der Waals surface area contributed by atoms with Crippen molar-refractivity contribution < 1.29 is 0 Å². The van der Waals surface area contributed by atoms with Crippen molar-refractivity contribution in [2.75, 3.05) is 21.3 Å². The van der Waals surface area contributed by atoms with Crippen molar-refractivity contribution in [3.63, 3.8) is 0 Å². The van der Waals surface area contributed by atoms with Crippen LogP contribution in [0.2, 0.25) is 0 Å². The summed E-state index contributed by atoms with van der Waals surface area (Å²) in [5.74, 6) is 3.43. The van der Waals surface area contributed by atoms with E-state index in [-0.39, 0.29) is 21.7 Å². The molecule has 0 saturated carbocycles. The zero-order valence-corrected chi connectivity index (χ0v) is 58.4. The molecule has 0 aliphatic heterocycles. The molecule has 1 spiro atoms. The van der Waals surface area contributed by atoms with Crippen molar-refractivity contribution in [2.45, 2.75) is 56.3 Å². The molecular weight excluding hydrogens is 1250 g/mol. The van der Waals surface area contributed by atoms with E-state index in [9.17, 15) is 0 Å². The summed E-state index contributed by atoms with van der Waals surface area (Å²) in [6, 6.07) is 118. The number of benzene rings is 11. The summed E-state index contributed by atoms with van der Waals surface area (Å²) in [5, 5.41) is 13.7. The Morgan fingerprint density at radius 2 is 0.505 bits per heavy atom. The van der Waals surface area contributed by atoms with Crippen LogP contribution in [0, 0.1) is 0 Å². The molecule has 19 rings (SSSR count). The van der Waals surface area contributed by atoms with Gasteiger partial charge in [0, 0.05) is 53.0 Å². The fourth-order valence-electron chi connectivity index (χ4n) is 15.9. The van der Waals surface area contributed by atoms with Crippen molar-refractivity contribution in [1.82, 2.24) is 19.9 Å². The predicted molar refractivity (Wildman–Crippen MR) is 426 cm³/mol. The van der Waals surface area contributed by atoms with E-state index in [1.807, 2.05) is 85.2 Å². The van der Waals surface area contributed by atoms with E-state index in [1.165, 1.54) is 106 Å². The number of hydrogen-bond acceptors (Lipinski definition) is 8. The molecular formula is C95H78N8. The van der Waals surface area contributed by atoms with Crippen LogP contribution in [0.4, 0.5) is 46.0 Å².